The highest BCUT2D eigenvalue weighted by molar-refractivity contribution is 4.98. The Labute approximate surface area is 70.9 Å². The summed E-state index contributed by atoms with van der Waals surface area (Å²) >= 11 is 0. The van der Waals surface area contributed by atoms with E-state index in [9.17, 15) is 0 Å². The van der Waals surface area contributed by atoms with Crippen LogP contribution in [0.4, 0.5) is 0 Å². The van der Waals surface area contributed by atoms with Crippen LogP contribution in [0.3, 0.4) is 0 Å². The maximum atomic E-state index is 3.37. The van der Waals surface area contributed by atoms with Crippen LogP contribution < -0.4 is 5.32 Å². The van der Waals surface area contributed by atoms with Crippen LogP contribution in [0.25, 0.3) is 0 Å². The molecule has 0 heterocycles. The molecular weight excluding hydrogens is 134 g/mol. The van der Waals surface area contributed by atoms with Gasteiger partial charge >= 0.3 is 0 Å². The summed E-state index contributed by atoms with van der Waals surface area (Å²) in [5.74, 6) is 0.696. The number of rotatable bonds is 4. The highest BCUT2D eigenvalue weighted by Crippen LogP contribution is 2.04. The molecule has 0 rings (SSSR count). The number of hydrogen-bond acceptors (Lipinski definition) is 1. The Hall–Kier alpha value is -0.460. The normalized spacial score (nSPS) is 15.3. The van der Waals surface area contributed by atoms with Gasteiger partial charge in [-0.25, -0.2) is 0 Å². The minimum absolute atomic E-state index is 0.551. The van der Waals surface area contributed by atoms with Crippen molar-refractivity contribution in [3.63, 3.8) is 0 Å². The first kappa shape index (κ1) is 10.5. The Balaban J connectivity index is 3.79. The fraction of sp³-hybridized carbons (Fsp3) is 0.800. The van der Waals surface area contributed by atoms with Crippen molar-refractivity contribution in [3.8, 4) is 0 Å². The van der Waals surface area contributed by atoms with E-state index in [1.165, 1.54) is 12.1 Å². The van der Waals surface area contributed by atoms with Gasteiger partial charge in [0.25, 0.3) is 0 Å². The van der Waals surface area contributed by atoms with E-state index in [0.717, 1.165) is 0 Å². The average molecular weight is 155 g/mol. The fourth-order valence-electron chi connectivity index (χ4n) is 1.05. The van der Waals surface area contributed by atoms with Crippen molar-refractivity contribution >= 4 is 0 Å². The zero-order valence-electron chi connectivity index (χ0n) is 8.44. The third-order valence-corrected chi connectivity index (χ3v) is 1.69. The van der Waals surface area contributed by atoms with E-state index in [0.29, 0.717) is 12.0 Å². The van der Waals surface area contributed by atoms with E-state index in [1.807, 2.05) is 0 Å². The predicted molar refractivity (Wildman–Crippen MR) is 51.5 cm³/mol. The third-order valence-electron chi connectivity index (χ3n) is 1.69. The molecule has 11 heavy (non-hydrogen) atoms. The third kappa shape index (κ3) is 5.96. The summed E-state index contributed by atoms with van der Waals surface area (Å²) in [5.41, 5.74) is 1.30. The van der Waals surface area contributed by atoms with Gasteiger partial charge < -0.3 is 5.32 Å². The molecule has 0 bridgehead atoms. The van der Waals surface area contributed by atoms with Crippen LogP contribution >= 0.6 is 0 Å². The molecule has 0 saturated carbocycles. The zero-order valence-corrected chi connectivity index (χ0v) is 8.44. The summed E-state index contributed by atoms with van der Waals surface area (Å²) in [7, 11) is 0. The van der Waals surface area contributed by atoms with E-state index in [1.54, 1.807) is 0 Å². The molecule has 0 aliphatic rings. The van der Waals surface area contributed by atoms with Crippen molar-refractivity contribution in [2.45, 2.75) is 47.1 Å². The van der Waals surface area contributed by atoms with Gasteiger partial charge in [0.1, 0.15) is 0 Å². The van der Waals surface area contributed by atoms with Crippen LogP contribution in [0.1, 0.15) is 41.0 Å². The van der Waals surface area contributed by atoms with Crippen molar-refractivity contribution in [2.24, 2.45) is 5.92 Å². The van der Waals surface area contributed by atoms with Crippen LogP contribution in [0.2, 0.25) is 0 Å². The first-order valence-electron chi connectivity index (χ1n) is 4.51. The van der Waals surface area contributed by atoms with Crippen LogP contribution in [-0.2, 0) is 0 Å². The Morgan fingerprint density at radius 1 is 1.36 bits per heavy atom. The molecule has 1 atom stereocenters. The van der Waals surface area contributed by atoms with Gasteiger partial charge in [-0.15, -0.1) is 0 Å². The van der Waals surface area contributed by atoms with Crippen molar-refractivity contribution < 1.29 is 0 Å². The summed E-state index contributed by atoms with van der Waals surface area (Å²) in [4.78, 5) is 0. The van der Waals surface area contributed by atoms with Gasteiger partial charge in [0.05, 0.1) is 0 Å². The van der Waals surface area contributed by atoms with Gasteiger partial charge in [-0.05, 0) is 26.7 Å². The fourth-order valence-corrected chi connectivity index (χ4v) is 1.05. The van der Waals surface area contributed by atoms with Crippen LogP contribution in [0, 0.1) is 5.92 Å². The molecule has 1 heteroatoms. The number of allylic oxidation sites excluding steroid dienone is 2. The molecule has 0 aliphatic carbocycles. The van der Waals surface area contributed by atoms with Crippen molar-refractivity contribution in [2.75, 3.05) is 0 Å². The Morgan fingerprint density at radius 2 is 1.91 bits per heavy atom. The maximum Gasteiger partial charge on any atom is 0.0201 e. The second-order valence-electron chi connectivity index (χ2n) is 3.53. The molecule has 0 spiro atoms. The highest BCUT2D eigenvalue weighted by atomic mass is 14.9. The van der Waals surface area contributed by atoms with Crippen molar-refractivity contribution in [1.29, 1.82) is 0 Å². The molecule has 0 amide bonds. The number of hydrogen-bond donors (Lipinski definition) is 1. The van der Waals surface area contributed by atoms with E-state index < -0.39 is 0 Å². The molecule has 1 N–H and O–H groups in total. The highest BCUT2D eigenvalue weighted by Gasteiger charge is 1.96. The summed E-state index contributed by atoms with van der Waals surface area (Å²) in [6.07, 6.45) is 3.51. The van der Waals surface area contributed by atoms with Gasteiger partial charge in [0.15, 0.2) is 0 Å². The average Bonchev–Trinajstić information content (AvgIpc) is 1.85. The predicted octanol–water partition coefficient (Wildman–Crippen LogP) is 2.93. The van der Waals surface area contributed by atoms with E-state index in [-0.39, 0.29) is 0 Å². The molecule has 66 valence electrons. The molecule has 0 aromatic rings. The van der Waals surface area contributed by atoms with Gasteiger partial charge in [-0.3, -0.25) is 0 Å². The minimum Gasteiger partial charge on any atom is -0.387 e. The Bertz CT molecular complexity index is 125. The summed E-state index contributed by atoms with van der Waals surface area (Å²) in [6, 6.07) is 0.551. The largest absolute Gasteiger partial charge is 0.387 e. The zero-order chi connectivity index (χ0) is 8.85. The first-order valence-corrected chi connectivity index (χ1v) is 4.51. The quantitative estimate of drug-likeness (QED) is 0.658. The SMILES string of the molecule is CCC(C)/C=C(\C)NC(C)C. The van der Waals surface area contributed by atoms with Crippen LogP contribution in [0.15, 0.2) is 11.8 Å². The maximum absolute atomic E-state index is 3.37. The lowest BCUT2D eigenvalue weighted by Crippen LogP contribution is -2.20. The molecule has 0 radical (unpaired) electrons. The second-order valence-corrected chi connectivity index (χ2v) is 3.53. The summed E-state index contributed by atoms with van der Waals surface area (Å²) in [5, 5.41) is 3.37. The molecule has 1 nitrogen and oxygen atoms in total. The molecule has 0 fully saturated rings. The Kier molecular flexibility index (Phi) is 5.01. The summed E-state index contributed by atoms with van der Waals surface area (Å²) in [6.45, 7) is 10.9. The lowest BCUT2D eigenvalue weighted by Gasteiger charge is -2.11. The summed E-state index contributed by atoms with van der Waals surface area (Å²) < 4.78 is 0. The minimum atomic E-state index is 0.551. The van der Waals surface area contributed by atoms with E-state index in [4.69, 9.17) is 0 Å². The number of nitrogens with one attached hydrogen (secondary N) is 1. The smallest absolute Gasteiger partial charge is 0.0201 e. The standard InChI is InChI=1S/C10H21N/c1-6-9(4)7-10(5)11-8(2)3/h7-9,11H,6H2,1-5H3/b10-7+. The molecular formula is C10H21N. The van der Waals surface area contributed by atoms with E-state index in [2.05, 4.69) is 46.0 Å². The Morgan fingerprint density at radius 3 is 2.27 bits per heavy atom. The van der Waals surface area contributed by atoms with Gasteiger partial charge in [0, 0.05) is 11.7 Å². The van der Waals surface area contributed by atoms with E-state index >= 15 is 0 Å². The molecule has 0 saturated heterocycles. The monoisotopic (exact) mass is 155 g/mol. The lowest BCUT2D eigenvalue weighted by atomic mass is 10.1. The molecule has 0 aromatic heterocycles. The topological polar surface area (TPSA) is 12.0 Å². The molecule has 1 unspecified atom stereocenters. The van der Waals surface area contributed by atoms with Gasteiger partial charge in [-0.2, -0.15) is 0 Å². The molecule has 0 aliphatic heterocycles. The van der Waals surface area contributed by atoms with Crippen molar-refractivity contribution in [3.05, 3.63) is 11.8 Å². The second kappa shape index (κ2) is 5.22. The molecule has 0 aromatic carbocycles. The lowest BCUT2D eigenvalue weighted by molar-refractivity contribution is 0.638. The van der Waals surface area contributed by atoms with Gasteiger partial charge in [-0.1, -0.05) is 26.3 Å². The van der Waals surface area contributed by atoms with Crippen LogP contribution in [0.5, 0.6) is 0 Å². The van der Waals surface area contributed by atoms with Crippen LogP contribution in [-0.4, -0.2) is 6.04 Å². The van der Waals surface area contributed by atoms with Gasteiger partial charge in [0.2, 0.25) is 0 Å². The van der Waals surface area contributed by atoms with Crippen molar-refractivity contribution in [1.82, 2.24) is 5.32 Å². The first-order chi connectivity index (χ1) is 5.06.